The molecule has 1 fully saturated rings. The maximum atomic E-state index is 4.35. The van der Waals surface area contributed by atoms with Gasteiger partial charge in [-0.05, 0) is 12.8 Å². The van der Waals surface area contributed by atoms with Crippen molar-refractivity contribution >= 4 is 11.6 Å². The average Bonchev–Trinajstić information content (AvgIpc) is 2.98. The molecule has 5 nitrogen and oxygen atoms in total. The van der Waals surface area contributed by atoms with Gasteiger partial charge in [0.05, 0.1) is 11.9 Å². The first-order valence-corrected chi connectivity index (χ1v) is 5.72. The number of anilines is 2. The highest BCUT2D eigenvalue weighted by Crippen LogP contribution is 2.31. The minimum Gasteiger partial charge on any atom is -0.323 e. The zero-order chi connectivity index (χ0) is 10.8. The summed E-state index contributed by atoms with van der Waals surface area (Å²) in [5.41, 5.74) is 0.949. The minimum absolute atomic E-state index is 0.608. The molecule has 0 bridgehead atoms. The van der Waals surface area contributed by atoms with Crippen molar-refractivity contribution in [3.05, 3.63) is 24.8 Å². The van der Waals surface area contributed by atoms with E-state index in [4.69, 9.17) is 0 Å². The Hall–Kier alpha value is -1.78. The molecule has 3 rings (SSSR count). The van der Waals surface area contributed by atoms with Gasteiger partial charge in [0.1, 0.15) is 0 Å². The van der Waals surface area contributed by atoms with Gasteiger partial charge >= 0.3 is 0 Å². The van der Waals surface area contributed by atoms with E-state index in [9.17, 15) is 0 Å². The number of H-pyrrole nitrogens is 1. The molecule has 1 aliphatic rings. The summed E-state index contributed by atoms with van der Waals surface area (Å²) in [6, 6.07) is 0.608. The Labute approximate surface area is 93.9 Å². The predicted molar refractivity (Wildman–Crippen MR) is 61.6 cm³/mol. The van der Waals surface area contributed by atoms with Crippen LogP contribution in [0.5, 0.6) is 0 Å². The van der Waals surface area contributed by atoms with Crippen molar-refractivity contribution in [2.45, 2.75) is 31.7 Å². The first-order chi connectivity index (χ1) is 7.93. The molecule has 0 aliphatic heterocycles. The molecule has 0 radical (unpaired) electrons. The van der Waals surface area contributed by atoms with Crippen molar-refractivity contribution in [2.75, 3.05) is 5.32 Å². The van der Waals surface area contributed by atoms with Gasteiger partial charge in [-0.3, -0.25) is 5.10 Å². The van der Waals surface area contributed by atoms with Crippen molar-refractivity contribution in [3.63, 3.8) is 0 Å². The van der Waals surface area contributed by atoms with Crippen LogP contribution in [0.25, 0.3) is 0 Å². The Morgan fingerprint density at radius 3 is 3.00 bits per heavy atom. The van der Waals surface area contributed by atoms with Crippen molar-refractivity contribution in [1.29, 1.82) is 0 Å². The molecule has 2 aromatic rings. The number of nitrogens with one attached hydrogen (secondary N) is 2. The van der Waals surface area contributed by atoms with Gasteiger partial charge in [0.2, 0.25) is 5.95 Å². The van der Waals surface area contributed by atoms with Gasteiger partial charge in [-0.15, -0.1) is 0 Å². The number of imidazole rings is 1. The van der Waals surface area contributed by atoms with Crippen molar-refractivity contribution in [2.24, 2.45) is 0 Å². The fourth-order valence-corrected chi connectivity index (χ4v) is 2.34. The highest BCUT2D eigenvalue weighted by Gasteiger charge is 2.19. The SMILES string of the molecule is c1cn(C2CCCC2)c(Nc2cn[nH]c2)n1. The number of hydrogen-bond acceptors (Lipinski definition) is 3. The van der Waals surface area contributed by atoms with Gasteiger partial charge in [-0.2, -0.15) is 5.10 Å². The molecule has 0 amide bonds. The zero-order valence-electron chi connectivity index (χ0n) is 9.06. The molecule has 1 saturated carbocycles. The largest absolute Gasteiger partial charge is 0.323 e. The Kier molecular flexibility index (Phi) is 2.36. The van der Waals surface area contributed by atoms with Gasteiger partial charge in [0.25, 0.3) is 0 Å². The van der Waals surface area contributed by atoms with Crippen LogP contribution in [-0.2, 0) is 0 Å². The fourth-order valence-electron chi connectivity index (χ4n) is 2.34. The molecule has 0 saturated heterocycles. The van der Waals surface area contributed by atoms with Crippen LogP contribution >= 0.6 is 0 Å². The summed E-state index contributed by atoms with van der Waals surface area (Å²) in [6.07, 6.45) is 12.7. The summed E-state index contributed by atoms with van der Waals surface area (Å²) >= 11 is 0. The molecular formula is C11H15N5. The van der Waals surface area contributed by atoms with Gasteiger partial charge in [0.15, 0.2) is 0 Å². The third-order valence-corrected chi connectivity index (χ3v) is 3.14. The average molecular weight is 217 g/mol. The lowest BCUT2D eigenvalue weighted by molar-refractivity contribution is 0.525. The molecule has 2 N–H and O–H groups in total. The van der Waals surface area contributed by atoms with Crippen LogP contribution in [0.1, 0.15) is 31.7 Å². The Bertz CT molecular complexity index is 439. The second-order valence-electron chi connectivity index (χ2n) is 4.21. The van der Waals surface area contributed by atoms with Gasteiger partial charge in [-0.1, -0.05) is 12.8 Å². The molecule has 0 aromatic carbocycles. The number of rotatable bonds is 3. The van der Waals surface area contributed by atoms with Crippen LogP contribution in [0, 0.1) is 0 Å². The Morgan fingerprint density at radius 1 is 1.38 bits per heavy atom. The Morgan fingerprint density at radius 2 is 2.25 bits per heavy atom. The molecule has 0 unspecified atom stereocenters. The lowest BCUT2D eigenvalue weighted by Crippen LogP contribution is -2.07. The minimum atomic E-state index is 0.608. The molecule has 0 atom stereocenters. The lowest BCUT2D eigenvalue weighted by Gasteiger charge is -2.14. The monoisotopic (exact) mass is 217 g/mol. The van der Waals surface area contributed by atoms with E-state index < -0.39 is 0 Å². The molecule has 84 valence electrons. The second kappa shape index (κ2) is 4.00. The zero-order valence-corrected chi connectivity index (χ0v) is 9.06. The van der Waals surface area contributed by atoms with Crippen LogP contribution in [0.2, 0.25) is 0 Å². The highest BCUT2D eigenvalue weighted by atomic mass is 15.2. The van der Waals surface area contributed by atoms with Gasteiger partial charge < -0.3 is 9.88 Å². The smallest absolute Gasteiger partial charge is 0.207 e. The van der Waals surface area contributed by atoms with Crippen LogP contribution in [0.15, 0.2) is 24.8 Å². The van der Waals surface area contributed by atoms with E-state index in [1.165, 1.54) is 25.7 Å². The van der Waals surface area contributed by atoms with E-state index in [0.29, 0.717) is 6.04 Å². The summed E-state index contributed by atoms with van der Waals surface area (Å²) in [7, 11) is 0. The molecule has 2 heterocycles. The summed E-state index contributed by atoms with van der Waals surface area (Å²) < 4.78 is 2.24. The highest BCUT2D eigenvalue weighted by molar-refractivity contribution is 5.50. The maximum absolute atomic E-state index is 4.35. The van der Waals surface area contributed by atoms with E-state index in [-0.39, 0.29) is 0 Å². The van der Waals surface area contributed by atoms with E-state index in [2.05, 4.69) is 31.3 Å². The lowest BCUT2D eigenvalue weighted by atomic mass is 10.2. The summed E-state index contributed by atoms with van der Waals surface area (Å²) in [4.78, 5) is 4.35. The molecular weight excluding hydrogens is 202 g/mol. The molecule has 1 aliphatic carbocycles. The standard InChI is InChI=1S/C11H15N5/c1-2-4-10(3-1)16-6-5-12-11(16)15-9-7-13-14-8-9/h5-8,10H,1-4H2,(H,12,15)(H,13,14). The Balaban J connectivity index is 1.82. The summed E-state index contributed by atoms with van der Waals surface area (Å²) in [5.74, 6) is 0.910. The number of nitrogens with zero attached hydrogens (tertiary/aromatic N) is 3. The van der Waals surface area contributed by atoms with Crippen LogP contribution in [-0.4, -0.2) is 19.7 Å². The first kappa shape index (κ1) is 9.45. The van der Waals surface area contributed by atoms with E-state index in [1.807, 2.05) is 12.4 Å². The normalized spacial score (nSPS) is 16.8. The van der Waals surface area contributed by atoms with E-state index in [0.717, 1.165) is 11.6 Å². The summed E-state index contributed by atoms with van der Waals surface area (Å²) in [6.45, 7) is 0. The maximum Gasteiger partial charge on any atom is 0.207 e. The van der Waals surface area contributed by atoms with Crippen molar-refractivity contribution in [3.8, 4) is 0 Å². The topological polar surface area (TPSA) is 58.5 Å². The fraction of sp³-hybridized carbons (Fsp3) is 0.455. The second-order valence-corrected chi connectivity index (χ2v) is 4.21. The van der Waals surface area contributed by atoms with Gasteiger partial charge in [-0.25, -0.2) is 4.98 Å². The molecule has 2 aromatic heterocycles. The van der Waals surface area contributed by atoms with Crippen molar-refractivity contribution < 1.29 is 0 Å². The number of aromatic amines is 1. The van der Waals surface area contributed by atoms with E-state index >= 15 is 0 Å². The van der Waals surface area contributed by atoms with Crippen LogP contribution in [0.3, 0.4) is 0 Å². The number of aromatic nitrogens is 4. The quantitative estimate of drug-likeness (QED) is 0.830. The van der Waals surface area contributed by atoms with Crippen molar-refractivity contribution in [1.82, 2.24) is 19.7 Å². The molecule has 16 heavy (non-hydrogen) atoms. The van der Waals surface area contributed by atoms with Crippen LogP contribution < -0.4 is 5.32 Å². The number of hydrogen-bond donors (Lipinski definition) is 2. The first-order valence-electron chi connectivity index (χ1n) is 5.72. The summed E-state index contributed by atoms with van der Waals surface area (Å²) in [5, 5.41) is 9.95. The predicted octanol–water partition coefficient (Wildman–Crippen LogP) is 2.46. The van der Waals surface area contributed by atoms with E-state index in [1.54, 1.807) is 6.20 Å². The molecule has 0 spiro atoms. The molecule has 5 heteroatoms. The van der Waals surface area contributed by atoms with Gasteiger partial charge in [0, 0.05) is 24.6 Å². The third-order valence-electron chi connectivity index (χ3n) is 3.14. The third kappa shape index (κ3) is 1.68. The van der Waals surface area contributed by atoms with Crippen LogP contribution in [0.4, 0.5) is 11.6 Å².